The summed E-state index contributed by atoms with van der Waals surface area (Å²) in [5.41, 5.74) is 0. The molecule has 0 aromatic rings. The van der Waals surface area contributed by atoms with Crippen molar-refractivity contribution < 1.29 is 4.48 Å². The molecule has 0 heterocycles. The van der Waals surface area contributed by atoms with Gasteiger partial charge in [0.1, 0.15) is 0 Å². The van der Waals surface area contributed by atoms with Crippen molar-refractivity contribution in [3.8, 4) is 0 Å². The van der Waals surface area contributed by atoms with Crippen LogP contribution in [0.3, 0.4) is 0 Å². The van der Waals surface area contributed by atoms with E-state index in [0.29, 0.717) is 0 Å². The van der Waals surface area contributed by atoms with Crippen LogP contribution in [0.4, 0.5) is 0 Å². The smallest absolute Gasteiger partial charge is 0.0782 e. The molecule has 20 heavy (non-hydrogen) atoms. The van der Waals surface area contributed by atoms with Crippen LogP contribution in [-0.4, -0.2) is 37.0 Å². The highest BCUT2D eigenvalue weighted by Crippen LogP contribution is 2.11. The summed E-state index contributed by atoms with van der Waals surface area (Å²) in [5, 5.41) is 1.17. The largest absolute Gasteiger partial charge is 0.328 e. The molecule has 0 fully saturated rings. The molecule has 0 aromatic heterocycles. The maximum atomic E-state index is 3.51. The van der Waals surface area contributed by atoms with Crippen LogP contribution in [0.15, 0.2) is 0 Å². The molecule has 0 unspecified atom stereocenters. The third kappa shape index (κ3) is 14.8. The molecule has 0 saturated carbocycles. The maximum Gasteiger partial charge on any atom is 0.0782 e. The molecule has 0 N–H and O–H groups in total. The first-order valence-corrected chi connectivity index (χ1v) is 10.1. The number of unbranched alkanes of at least 4 members (excludes halogenated alkanes) is 10. The normalized spacial score (nSPS) is 12.0. The SMILES string of the molecule is CCCCCCCCCC[N+](C)(C)CCCCCCBr. The van der Waals surface area contributed by atoms with Gasteiger partial charge in [-0.1, -0.05) is 67.8 Å². The van der Waals surface area contributed by atoms with Gasteiger partial charge in [-0.3, -0.25) is 0 Å². The second-order valence-corrected chi connectivity index (χ2v) is 7.75. The van der Waals surface area contributed by atoms with Crippen molar-refractivity contribution in [1.29, 1.82) is 0 Å². The first kappa shape index (κ1) is 20.4. The van der Waals surface area contributed by atoms with E-state index >= 15 is 0 Å². The summed E-state index contributed by atoms with van der Waals surface area (Å²) in [6, 6.07) is 0. The number of halogens is 1. The fraction of sp³-hybridized carbons (Fsp3) is 1.00. The highest BCUT2D eigenvalue weighted by molar-refractivity contribution is 9.09. The Kier molecular flexibility index (Phi) is 14.7. The van der Waals surface area contributed by atoms with E-state index in [1.54, 1.807) is 0 Å². The Bertz CT molecular complexity index is 192. The molecule has 122 valence electrons. The third-order valence-corrected chi connectivity index (χ3v) is 4.82. The lowest BCUT2D eigenvalue weighted by Crippen LogP contribution is -2.41. The van der Waals surface area contributed by atoms with Gasteiger partial charge in [0.15, 0.2) is 0 Å². The minimum absolute atomic E-state index is 1.17. The molecule has 0 aliphatic carbocycles. The maximum absolute atomic E-state index is 3.51. The zero-order valence-corrected chi connectivity index (χ0v) is 16.0. The molecule has 0 radical (unpaired) electrons. The topological polar surface area (TPSA) is 0 Å². The Morgan fingerprint density at radius 3 is 1.45 bits per heavy atom. The number of hydrogen-bond donors (Lipinski definition) is 0. The lowest BCUT2D eigenvalue weighted by Gasteiger charge is -2.30. The molecule has 1 nitrogen and oxygen atoms in total. The predicted molar refractivity (Wildman–Crippen MR) is 96.7 cm³/mol. The molecule has 0 spiro atoms. The Balaban J connectivity index is 3.33. The summed E-state index contributed by atoms with van der Waals surface area (Å²) in [6.07, 6.45) is 17.0. The van der Waals surface area contributed by atoms with Crippen LogP contribution in [-0.2, 0) is 0 Å². The van der Waals surface area contributed by atoms with Crippen LogP contribution in [0.1, 0.15) is 84.0 Å². The van der Waals surface area contributed by atoms with Crippen molar-refractivity contribution >= 4 is 15.9 Å². The second-order valence-electron chi connectivity index (χ2n) is 6.96. The minimum Gasteiger partial charge on any atom is -0.328 e. The molecule has 0 aromatic carbocycles. The second kappa shape index (κ2) is 14.4. The lowest BCUT2D eigenvalue weighted by molar-refractivity contribution is -0.890. The van der Waals surface area contributed by atoms with Crippen molar-refractivity contribution in [2.75, 3.05) is 32.5 Å². The molecule has 0 aliphatic heterocycles. The van der Waals surface area contributed by atoms with Gasteiger partial charge in [0.05, 0.1) is 27.2 Å². The average molecular weight is 349 g/mol. The van der Waals surface area contributed by atoms with Gasteiger partial charge in [0.2, 0.25) is 0 Å². The summed E-state index contributed by atoms with van der Waals surface area (Å²) >= 11 is 3.51. The van der Waals surface area contributed by atoms with Gasteiger partial charge >= 0.3 is 0 Å². The number of rotatable bonds is 15. The van der Waals surface area contributed by atoms with E-state index in [1.807, 2.05) is 0 Å². The molecule has 0 rings (SSSR count). The van der Waals surface area contributed by atoms with E-state index in [2.05, 4.69) is 36.9 Å². The number of quaternary nitrogens is 1. The van der Waals surface area contributed by atoms with E-state index in [4.69, 9.17) is 0 Å². The monoisotopic (exact) mass is 348 g/mol. The average Bonchev–Trinajstić information content (AvgIpc) is 2.41. The van der Waals surface area contributed by atoms with Gasteiger partial charge in [-0.15, -0.1) is 0 Å². The number of hydrogen-bond acceptors (Lipinski definition) is 0. The Morgan fingerprint density at radius 2 is 1.00 bits per heavy atom. The quantitative estimate of drug-likeness (QED) is 0.189. The van der Waals surface area contributed by atoms with E-state index < -0.39 is 0 Å². The molecule has 0 amide bonds. The van der Waals surface area contributed by atoms with Gasteiger partial charge < -0.3 is 4.48 Å². The van der Waals surface area contributed by atoms with Crippen LogP contribution in [0.2, 0.25) is 0 Å². The molecular weight excluding hydrogens is 310 g/mol. The van der Waals surface area contributed by atoms with E-state index in [1.165, 1.54) is 100.0 Å². The van der Waals surface area contributed by atoms with Crippen LogP contribution in [0, 0.1) is 0 Å². The summed E-state index contributed by atoms with van der Waals surface area (Å²) in [5.74, 6) is 0. The molecule has 0 bridgehead atoms. The first-order valence-electron chi connectivity index (χ1n) is 9.00. The van der Waals surface area contributed by atoms with Crippen molar-refractivity contribution in [2.24, 2.45) is 0 Å². The van der Waals surface area contributed by atoms with E-state index in [-0.39, 0.29) is 0 Å². The molecule has 0 aliphatic rings. The number of alkyl halides is 1. The predicted octanol–water partition coefficient (Wildman–Crippen LogP) is 6.16. The summed E-state index contributed by atoms with van der Waals surface area (Å²) in [6.45, 7) is 5.02. The standard InChI is InChI=1S/C18H39BrN/c1-4-5-6-7-8-9-11-14-17-20(2,3)18-15-12-10-13-16-19/h4-18H2,1-3H3/q+1. The van der Waals surface area contributed by atoms with Crippen molar-refractivity contribution in [3.05, 3.63) is 0 Å². The molecule has 0 atom stereocenters. The van der Waals surface area contributed by atoms with Crippen molar-refractivity contribution in [3.63, 3.8) is 0 Å². The Morgan fingerprint density at radius 1 is 0.600 bits per heavy atom. The zero-order chi connectivity index (χ0) is 15.1. The molecule has 0 saturated heterocycles. The first-order chi connectivity index (χ1) is 9.62. The Hall–Kier alpha value is 0.440. The highest BCUT2D eigenvalue weighted by atomic mass is 79.9. The zero-order valence-electron chi connectivity index (χ0n) is 14.4. The molecule has 2 heteroatoms. The highest BCUT2D eigenvalue weighted by Gasteiger charge is 2.13. The minimum atomic E-state index is 1.17. The summed E-state index contributed by atoms with van der Waals surface area (Å²) < 4.78 is 1.23. The third-order valence-electron chi connectivity index (χ3n) is 4.26. The van der Waals surface area contributed by atoms with Gasteiger partial charge in [-0.25, -0.2) is 0 Å². The van der Waals surface area contributed by atoms with Crippen LogP contribution in [0.25, 0.3) is 0 Å². The van der Waals surface area contributed by atoms with E-state index in [0.717, 1.165) is 0 Å². The van der Waals surface area contributed by atoms with E-state index in [9.17, 15) is 0 Å². The Labute approximate surface area is 137 Å². The summed E-state index contributed by atoms with van der Waals surface area (Å²) in [7, 11) is 4.82. The van der Waals surface area contributed by atoms with Crippen LogP contribution in [0.5, 0.6) is 0 Å². The van der Waals surface area contributed by atoms with Crippen LogP contribution >= 0.6 is 15.9 Å². The van der Waals surface area contributed by atoms with Crippen LogP contribution < -0.4 is 0 Å². The van der Waals surface area contributed by atoms with Gasteiger partial charge in [-0.05, 0) is 32.1 Å². The van der Waals surface area contributed by atoms with Gasteiger partial charge in [-0.2, -0.15) is 0 Å². The van der Waals surface area contributed by atoms with Crippen molar-refractivity contribution in [2.45, 2.75) is 84.0 Å². The van der Waals surface area contributed by atoms with Gasteiger partial charge in [0, 0.05) is 5.33 Å². The van der Waals surface area contributed by atoms with Crippen molar-refractivity contribution in [1.82, 2.24) is 0 Å². The molecular formula is C18H39BrN+. The summed E-state index contributed by atoms with van der Waals surface area (Å²) in [4.78, 5) is 0. The van der Waals surface area contributed by atoms with Gasteiger partial charge in [0.25, 0.3) is 0 Å². The fourth-order valence-corrected chi connectivity index (χ4v) is 3.17. The lowest BCUT2D eigenvalue weighted by atomic mass is 10.1. The fourth-order valence-electron chi connectivity index (χ4n) is 2.77. The number of nitrogens with zero attached hydrogens (tertiary/aromatic N) is 1.